The minimum absolute atomic E-state index is 0.325. The van der Waals surface area contributed by atoms with E-state index in [2.05, 4.69) is 31.3 Å². The summed E-state index contributed by atoms with van der Waals surface area (Å²) in [6.07, 6.45) is 5.76. The zero-order chi connectivity index (χ0) is 13.7. The molecule has 0 amide bonds. The minimum atomic E-state index is -0.844. The van der Waals surface area contributed by atoms with Gasteiger partial charge >= 0.3 is 0 Å². The van der Waals surface area contributed by atoms with Gasteiger partial charge in [-0.15, -0.1) is 0 Å². The molecule has 1 aromatic carbocycles. The van der Waals surface area contributed by atoms with Crippen LogP contribution in [0.5, 0.6) is 0 Å². The van der Waals surface area contributed by atoms with Crippen molar-refractivity contribution in [3.05, 3.63) is 29.8 Å². The fourth-order valence-corrected chi connectivity index (χ4v) is 4.32. The van der Waals surface area contributed by atoms with E-state index in [4.69, 9.17) is 0 Å². The molecule has 0 radical (unpaired) electrons. The molecule has 1 aliphatic carbocycles. The Morgan fingerprint density at radius 3 is 2.68 bits per heavy atom. The number of benzene rings is 1. The molecule has 1 aromatic rings. The molecular formula is C16H25NOS. The second-order valence-electron chi connectivity index (χ2n) is 5.55. The highest BCUT2D eigenvalue weighted by Gasteiger charge is 2.26. The third kappa shape index (κ3) is 4.15. The number of rotatable bonds is 5. The van der Waals surface area contributed by atoms with E-state index in [0.717, 1.165) is 24.3 Å². The Morgan fingerprint density at radius 1 is 1.26 bits per heavy atom. The van der Waals surface area contributed by atoms with Gasteiger partial charge in [0.2, 0.25) is 0 Å². The highest BCUT2D eigenvalue weighted by atomic mass is 32.2. The lowest BCUT2D eigenvalue weighted by Crippen LogP contribution is -2.37. The van der Waals surface area contributed by atoms with E-state index in [9.17, 15) is 4.21 Å². The first-order valence-corrected chi connectivity index (χ1v) is 8.62. The number of hydrogen-bond donors (Lipinski definition) is 1. The third-order valence-corrected chi connectivity index (χ3v) is 5.64. The van der Waals surface area contributed by atoms with Crippen molar-refractivity contribution in [2.24, 2.45) is 0 Å². The van der Waals surface area contributed by atoms with Crippen LogP contribution in [0.25, 0.3) is 0 Å². The van der Waals surface area contributed by atoms with E-state index in [1.807, 2.05) is 12.1 Å². The Labute approximate surface area is 119 Å². The largest absolute Gasteiger partial charge is 0.314 e. The van der Waals surface area contributed by atoms with Gasteiger partial charge in [-0.05, 0) is 51.3 Å². The van der Waals surface area contributed by atoms with Crippen LogP contribution in [-0.2, 0) is 10.8 Å². The summed E-state index contributed by atoms with van der Waals surface area (Å²) in [5.41, 5.74) is 1.23. The zero-order valence-corrected chi connectivity index (χ0v) is 12.8. The van der Waals surface area contributed by atoms with Crippen molar-refractivity contribution in [2.75, 3.05) is 6.54 Å². The van der Waals surface area contributed by atoms with Gasteiger partial charge in [-0.2, -0.15) is 0 Å². The molecule has 2 nitrogen and oxygen atoms in total. The molecule has 2 rings (SSSR count). The van der Waals surface area contributed by atoms with E-state index in [0.29, 0.717) is 11.3 Å². The normalized spacial score (nSPS) is 25.2. The average Bonchev–Trinajstić information content (AvgIpc) is 2.45. The van der Waals surface area contributed by atoms with Crippen LogP contribution in [0.4, 0.5) is 0 Å². The molecule has 3 unspecified atom stereocenters. The topological polar surface area (TPSA) is 29.1 Å². The summed E-state index contributed by atoms with van der Waals surface area (Å²) in [4.78, 5) is 0.992. The van der Waals surface area contributed by atoms with Gasteiger partial charge in [-0.25, -0.2) is 0 Å². The maximum Gasteiger partial charge on any atom is 0.0561 e. The Hall–Kier alpha value is -0.670. The van der Waals surface area contributed by atoms with Crippen molar-refractivity contribution in [1.29, 1.82) is 0 Å². The van der Waals surface area contributed by atoms with Crippen molar-refractivity contribution in [2.45, 2.75) is 62.1 Å². The van der Waals surface area contributed by atoms with Gasteiger partial charge in [-0.1, -0.05) is 31.0 Å². The van der Waals surface area contributed by atoms with Crippen molar-refractivity contribution in [1.82, 2.24) is 5.32 Å². The predicted molar refractivity (Wildman–Crippen MR) is 81.9 cm³/mol. The van der Waals surface area contributed by atoms with E-state index in [-0.39, 0.29) is 0 Å². The minimum Gasteiger partial charge on any atom is -0.314 e. The number of nitrogens with one attached hydrogen (secondary N) is 1. The molecule has 0 aromatic heterocycles. The molecule has 19 heavy (non-hydrogen) atoms. The van der Waals surface area contributed by atoms with Crippen LogP contribution in [-0.4, -0.2) is 22.0 Å². The van der Waals surface area contributed by atoms with E-state index >= 15 is 0 Å². The van der Waals surface area contributed by atoms with E-state index in [1.54, 1.807) is 0 Å². The van der Waals surface area contributed by atoms with Gasteiger partial charge in [0, 0.05) is 16.2 Å². The fourth-order valence-electron chi connectivity index (χ4n) is 2.74. The lowest BCUT2D eigenvalue weighted by molar-refractivity contribution is 0.378. The monoisotopic (exact) mass is 279 g/mol. The summed E-state index contributed by atoms with van der Waals surface area (Å²) in [6.45, 7) is 5.34. The molecule has 0 aliphatic heterocycles. The van der Waals surface area contributed by atoms with Crippen LogP contribution in [0.15, 0.2) is 29.2 Å². The van der Waals surface area contributed by atoms with Crippen LogP contribution < -0.4 is 5.32 Å². The molecule has 0 spiro atoms. The maximum absolute atomic E-state index is 12.6. The molecule has 0 heterocycles. The van der Waals surface area contributed by atoms with Crippen molar-refractivity contribution >= 4 is 10.8 Å². The first-order chi connectivity index (χ1) is 9.20. The summed E-state index contributed by atoms with van der Waals surface area (Å²) < 4.78 is 12.6. The summed E-state index contributed by atoms with van der Waals surface area (Å²) in [7, 11) is -0.844. The maximum atomic E-state index is 12.6. The SMILES string of the molecule is CCCNC1CCCC(S(=O)c2ccc(C)cc2)C1. The predicted octanol–water partition coefficient (Wildman–Crippen LogP) is 3.41. The zero-order valence-electron chi connectivity index (χ0n) is 12.0. The lowest BCUT2D eigenvalue weighted by atomic mass is 9.95. The summed E-state index contributed by atoms with van der Waals surface area (Å²) in [5.74, 6) is 0. The average molecular weight is 279 g/mol. The van der Waals surface area contributed by atoms with Crippen LogP contribution in [0.1, 0.15) is 44.6 Å². The Morgan fingerprint density at radius 2 is 2.00 bits per heavy atom. The van der Waals surface area contributed by atoms with Crippen molar-refractivity contribution in [3.63, 3.8) is 0 Å². The second kappa shape index (κ2) is 7.20. The first kappa shape index (κ1) is 14.7. The van der Waals surface area contributed by atoms with Gasteiger partial charge in [0.25, 0.3) is 0 Å². The van der Waals surface area contributed by atoms with Crippen LogP contribution in [0.2, 0.25) is 0 Å². The second-order valence-corrected chi connectivity index (χ2v) is 7.28. The van der Waals surface area contributed by atoms with Crippen LogP contribution in [0, 0.1) is 6.92 Å². The molecular weight excluding hydrogens is 254 g/mol. The van der Waals surface area contributed by atoms with Gasteiger partial charge < -0.3 is 5.32 Å². The molecule has 106 valence electrons. The first-order valence-electron chi connectivity index (χ1n) is 7.41. The smallest absolute Gasteiger partial charge is 0.0561 e. The van der Waals surface area contributed by atoms with Crippen LogP contribution >= 0.6 is 0 Å². The van der Waals surface area contributed by atoms with Crippen molar-refractivity contribution < 1.29 is 4.21 Å². The van der Waals surface area contributed by atoms with E-state index in [1.165, 1.54) is 24.8 Å². The molecule has 1 aliphatic rings. The van der Waals surface area contributed by atoms with Gasteiger partial charge in [-0.3, -0.25) is 4.21 Å². The molecule has 3 atom stereocenters. The lowest BCUT2D eigenvalue weighted by Gasteiger charge is -2.29. The number of hydrogen-bond acceptors (Lipinski definition) is 2. The number of aryl methyl sites for hydroxylation is 1. The third-order valence-electron chi connectivity index (χ3n) is 3.87. The highest BCUT2D eigenvalue weighted by Crippen LogP contribution is 2.26. The highest BCUT2D eigenvalue weighted by molar-refractivity contribution is 7.85. The molecule has 0 saturated heterocycles. The Bertz CT molecular complexity index is 415. The summed E-state index contributed by atoms with van der Waals surface area (Å²) >= 11 is 0. The molecule has 0 bridgehead atoms. The fraction of sp³-hybridized carbons (Fsp3) is 0.625. The summed E-state index contributed by atoms with van der Waals surface area (Å²) in [5, 5.41) is 3.91. The van der Waals surface area contributed by atoms with Crippen molar-refractivity contribution in [3.8, 4) is 0 Å². The van der Waals surface area contributed by atoms with Gasteiger partial charge in [0.05, 0.1) is 10.8 Å². The quantitative estimate of drug-likeness (QED) is 0.895. The molecule has 1 N–H and O–H groups in total. The molecule has 1 fully saturated rings. The van der Waals surface area contributed by atoms with Gasteiger partial charge in [0.1, 0.15) is 0 Å². The molecule has 1 saturated carbocycles. The van der Waals surface area contributed by atoms with Gasteiger partial charge in [0.15, 0.2) is 0 Å². The van der Waals surface area contributed by atoms with Crippen LogP contribution in [0.3, 0.4) is 0 Å². The summed E-state index contributed by atoms with van der Waals surface area (Å²) in [6, 6.07) is 8.72. The molecule has 3 heteroatoms. The standard InChI is InChI=1S/C16H25NOS/c1-3-11-17-14-5-4-6-16(12-14)19(18)15-9-7-13(2)8-10-15/h7-10,14,16-17H,3-6,11-12H2,1-2H3. The van der Waals surface area contributed by atoms with E-state index < -0.39 is 10.8 Å². The Balaban J connectivity index is 1.96. The Kier molecular flexibility index (Phi) is 5.59.